The highest BCUT2D eigenvalue weighted by Crippen LogP contribution is 2.31. The van der Waals surface area contributed by atoms with Crippen molar-refractivity contribution < 1.29 is 14.3 Å². The third kappa shape index (κ3) is 3.04. The van der Waals surface area contributed by atoms with Crippen molar-refractivity contribution in [2.24, 2.45) is 0 Å². The average molecular weight is 358 g/mol. The quantitative estimate of drug-likeness (QED) is 0.505. The van der Waals surface area contributed by atoms with Crippen LogP contribution >= 0.6 is 0 Å². The van der Waals surface area contributed by atoms with E-state index in [0.29, 0.717) is 11.4 Å². The first-order valence-electron chi connectivity index (χ1n) is 8.51. The lowest BCUT2D eigenvalue weighted by molar-refractivity contribution is 0.0601. The Labute approximate surface area is 156 Å². The molecular formula is C22H18N2O3. The molecule has 0 unspecified atom stereocenters. The zero-order valence-corrected chi connectivity index (χ0v) is 15.0. The second-order valence-corrected chi connectivity index (χ2v) is 6.06. The fraction of sp³-hybridized carbons (Fsp3) is 0.0909. The van der Waals surface area contributed by atoms with Gasteiger partial charge in [0.25, 0.3) is 0 Å². The van der Waals surface area contributed by atoms with Gasteiger partial charge >= 0.3 is 5.97 Å². The van der Waals surface area contributed by atoms with Gasteiger partial charge in [-0.05, 0) is 29.3 Å². The zero-order chi connectivity index (χ0) is 18.8. The molecule has 134 valence electrons. The smallest absolute Gasteiger partial charge is 0.337 e. The normalized spacial score (nSPS) is 10.7. The number of pyridine rings is 1. The summed E-state index contributed by atoms with van der Waals surface area (Å²) >= 11 is 0. The summed E-state index contributed by atoms with van der Waals surface area (Å²) in [7, 11) is 3.02. The van der Waals surface area contributed by atoms with Crippen molar-refractivity contribution in [3.63, 3.8) is 0 Å². The summed E-state index contributed by atoms with van der Waals surface area (Å²) < 4.78 is 12.3. The molecule has 0 aliphatic heterocycles. The first-order valence-corrected chi connectivity index (χ1v) is 8.51. The van der Waals surface area contributed by atoms with Crippen LogP contribution in [-0.2, 0) is 4.74 Å². The number of imidazole rings is 1. The van der Waals surface area contributed by atoms with Gasteiger partial charge in [-0.2, -0.15) is 0 Å². The summed E-state index contributed by atoms with van der Waals surface area (Å²) in [5, 5.41) is 0. The minimum atomic E-state index is -0.357. The molecule has 0 N–H and O–H groups in total. The molecule has 0 radical (unpaired) electrons. The second-order valence-electron chi connectivity index (χ2n) is 6.06. The molecule has 27 heavy (non-hydrogen) atoms. The third-order valence-electron chi connectivity index (χ3n) is 4.49. The van der Waals surface area contributed by atoms with E-state index in [1.165, 1.54) is 7.11 Å². The summed E-state index contributed by atoms with van der Waals surface area (Å²) in [4.78, 5) is 16.2. The molecule has 0 bridgehead atoms. The number of nitrogens with zero attached hydrogens (tertiary/aromatic N) is 2. The molecule has 0 saturated carbocycles. The van der Waals surface area contributed by atoms with Crippen LogP contribution in [0.4, 0.5) is 0 Å². The lowest BCUT2D eigenvalue weighted by Gasteiger charge is -2.11. The van der Waals surface area contributed by atoms with Crippen LogP contribution in [0.3, 0.4) is 0 Å². The molecule has 0 aliphatic carbocycles. The summed E-state index contributed by atoms with van der Waals surface area (Å²) in [6.07, 6.45) is 1.81. The molecule has 0 spiro atoms. The lowest BCUT2D eigenvalue weighted by atomic mass is 10.1. The molecule has 4 aromatic rings. The molecule has 0 atom stereocenters. The van der Waals surface area contributed by atoms with Crippen molar-refractivity contribution in [3.05, 3.63) is 78.5 Å². The van der Waals surface area contributed by atoms with Crippen LogP contribution in [0.5, 0.6) is 5.88 Å². The predicted octanol–water partition coefficient (Wildman–Crippen LogP) is 4.46. The number of methoxy groups -OCH3 is 2. The van der Waals surface area contributed by atoms with Crippen LogP contribution in [-0.4, -0.2) is 29.6 Å². The highest BCUT2D eigenvalue weighted by Gasteiger charge is 2.13. The van der Waals surface area contributed by atoms with Crippen LogP contribution in [0.15, 0.2) is 72.9 Å². The number of rotatable bonds is 4. The second kappa shape index (κ2) is 6.96. The summed E-state index contributed by atoms with van der Waals surface area (Å²) in [5.74, 6) is 0.334. The number of aromatic nitrogens is 2. The van der Waals surface area contributed by atoms with E-state index in [0.717, 1.165) is 28.0 Å². The Balaban J connectivity index is 1.82. The summed E-state index contributed by atoms with van der Waals surface area (Å²) in [6, 6.07) is 21.4. The predicted molar refractivity (Wildman–Crippen MR) is 104 cm³/mol. The summed E-state index contributed by atoms with van der Waals surface area (Å²) in [6.45, 7) is 0. The molecule has 0 saturated heterocycles. The number of benzene rings is 2. The fourth-order valence-electron chi connectivity index (χ4n) is 3.12. The Morgan fingerprint density at radius 3 is 2.30 bits per heavy atom. The van der Waals surface area contributed by atoms with Crippen LogP contribution in [0, 0.1) is 0 Å². The molecule has 0 fully saturated rings. The molecule has 5 nitrogen and oxygen atoms in total. The average Bonchev–Trinajstić information content (AvgIpc) is 3.17. The van der Waals surface area contributed by atoms with Gasteiger partial charge in [-0.1, -0.05) is 42.5 Å². The monoisotopic (exact) mass is 358 g/mol. The van der Waals surface area contributed by atoms with Gasteiger partial charge in [-0.15, -0.1) is 0 Å². The number of esters is 1. The molecule has 4 rings (SSSR count). The molecular weight excluding hydrogens is 340 g/mol. The van der Waals surface area contributed by atoms with Gasteiger partial charge in [0, 0.05) is 11.6 Å². The first-order chi connectivity index (χ1) is 13.2. The third-order valence-corrected chi connectivity index (χ3v) is 4.49. The Morgan fingerprint density at radius 2 is 1.63 bits per heavy atom. The van der Waals surface area contributed by atoms with Gasteiger partial charge < -0.3 is 9.47 Å². The standard InChI is InChI=1S/C22H18N2O3/c1-26-21-13-18(15-6-4-3-5-7-15)12-20-23-14-19(24(20)21)16-8-10-17(11-9-16)22(25)27-2/h3-14H,1-2H3. The van der Waals surface area contributed by atoms with Crippen molar-refractivity contribution in [2.75, 3.05) is 14.2 Å². The first kappa shape index (κ1) is 16.8. The maximum atomic E-state index is 11.6. The Hall–Kier alpha value is -3.60. The zero-order valence-electron chi connectivity index (χ0n) is 15.0. The number of hydrogen-bond acceptors (Lipinski definition) is 4. The van der Waals surface area contributed by atoms with Crippen molar-refractivity contribution in [3.8, 4) is 28.3 Å². The SMILES string of the molecule is COC(=O)c1ccc(-c2cnc3cc(-c4ccccc4)cc(OC)n23)cc1. The Morgan fingerprint density at radius 1 is 0.889 bits per heavy atom. The van der Waals surface area contributed by atoms with Gasteiger partial charge in [0.1, 0.15) is 5.65 Å². The fourth-order valence-corrected chi connectivity index (χ4v) is 3.12. The minimum Gasteiger partial charge on any atom is -0.482 e. The highest BCUT2D eigenvalue weighted by molar-refractivity contribution is 5.90. The van der Waals surface area contributed by atoms with E-state index in [-0.39, 0.29) is 5.97 Å². The van der Waals surface area contributed by atoms with Crippen molar-refractivity contribution in [1.82, 2.24) is 9.38 Å². The molecule has 2 aromatic carbocycles. The van der Waals surface area contributed by atoms with E-state index in [1.807, 2.05) is 46.9 Å². The van der Waals surface area contributed by atoms with Gasteiger partial charge in [0.2, 0.25) is 0 Å². The van der Waals surface area contributed by atoms with E-state index in [4.69, 9.17) is 9.47 Å². The van der Waals surface area contributed by atoms with Crippen molar-refractivity contribution in [2.45, 2.75) is 0 Å². The van der Waals surface area contributed by atoms with Gasteiger partial charge in [0.05, 0.1) is 31.7 Å². The maximum absolute atomic E-state index is 11.6. The number of ether oxygens (including phenoxy) is 2. The van der Waals surface area contributed by atoms with Crippen LogP contribution in [0.25, 0.3) is 28.0 Å². The Kier molecular flexibility index (Phi) is 4.34. The van der Waals surface area contributed by atoms with Crippen LogP contribution in [0.2, 0.25) is 0 Å². The van der Waals surface area contributed by atoms with Gasteiger partial charge in [-0.25, -0.2) is 9.78 Å². The van der Waals surface area contributed by atoms with E-state index < -0.39 is 0 Å². The highest BCUT2D eigenvalue weighted by atomic mass is 16.5. The number of fused-ring (bicyclic) bond motifs is 1. The maximum Gasteiger partial charge on any atom is 0.337 e. The Bertz CT molecular complexity index is 1100. The number of carbonyl (C=O) groups excluding carboxylic acids is 1. The molecule has 0 aliphatic rings. The molecule has 5 heteroatoms. The number of carbonyl (C=O) groups is 1. The number of hydrogen-bond donors (Lipinski definition) is 0. The van der Waals surface area contributed by atoms with Gasteiger partial charge in [-0.3, -0.25) is 4.40 Å². The lowest BCUT2D eigenvalue weighted by Crippen LogP contribution is -2.01. The largest absolute Gasteiger partial charge is 0.482 e. The van der Waals surface area contributed by atoms with Gasteiger partial charge in [0.15, 0.2) is 5.88 Å². The van der Waals surface area contributed by atoms with E-state index in [9.17, 15) is 4.79 Å². The molecule has 2 aromatic heterocycles. The summed E-state index contributed by atoms with van der Waals surface area (Å²) in [5.41, 5.74) is 5.26. The van der Waals surface area contributed by atoms with E-state index in [2.05, 4.69) is 17.1 Å². The van der Waals surface area contributed by atoms with E-state index >= 15 is 0 Å². The molecule has 0 amide bonds. The molecule has 2 heterocycles. The van der Waals surface area contributed by atoms with Crippen LogP contribution in [0.1, 0.15) is 10.4 Å². The topological polar surface area (TPSA) is 52.8 Å². The minimum absolute atomic E-state index is 0.357. The van der Waals surface area contributed by atoms with Crippen LogP contribution < -0.4 is 4.74 Å². The van der Waals surface area contributed by atoms with Crippen molar-refractivity contribution >= 4 is 11.6 Å². The van der Waals surface area contributed by atoms with Crippen molar-refractivity contribution in [1.29, 1.82) is 0 Å². The van der Waals surface area contributed by atoms with E-state index in [1.54, 1.807) is 25.4 Å².